The van der Waals surface area contributed by atoms with Crippen LogP contribution in [0.2, 0.25) is 0 Å². The van der Waals surface area contributed by atoms with Crippen LogP contribution in [0.25, 0.3) is 0 Å². The largest absolute Gasteiger partial charge is 0.452 e. The first kappa shape index (κ1) is 7.60. The van der Waals surface area contributed by atoms with Gasteiger partial charge < -0.3 is 10.5 Å². The van der Waals surface area contributed by atoms with Crippen molar-refractivity contribution < 1.29 is 9.53 Å². The Labute approximate surface area is 64.8 Å². The van der Waals surface area contributed by atoms with E-state index in [1.54, 1.807) is 18.2 Å². The van der Waals surface area contributed by atoms with E-state index < -0.39 is 0 Å². The molecule has 0 bridgehead atoms. The number of rotatable bonds is 3. The number of ether oxygens (including phenoxy) is 1. The van der Waals surface area contributed by atoms with E-state index in [1.165, 1.54) is 6.47 Å². The van der Waals surface area contributed by atoms with Crippen LogP contribution in [0.1, 0.15) is 5.56 Å². The van der Waals surface area contributed by atoms with Crippen molar-refractivity contribution >= 4 is 12.2 Å². The van der Waals surface area contributed by atoms with Gasteiger partial charge in [0.1, 0.15) is 6.61 Å². The number of hydrogen-bond acceptors (Lipinski definition) is 3. The average molecular weight is 150 g/mol. The number of nitrogen functional groups attached to an aromatic ring is 1. The lowest BCUT2D eigenvalue weighted by atomic mass is 10.2. The maximum Gasteiger partial charge on any atom is 0.417 e. The van der Waals surface area contributed by atoms with Crippen molar-refractivity contribution in [2.24, 2.45) is 0 Å². The number of hydrogen-bond donors (Lipinski definition) is 1. The molecule has 2 N–H and O–H groups in total. The van der Waals surface area contributed by atoms with Crippen LogP contribution in [-0.4, -0.2) is 6.47 Å². The first-order valence-electron chi connectivity index (χ1n) is 3.16. The highest BCUT2D eigenvalue weighted by atomic mass is 16.5. The smallest absolute Gasteiger partial charge is 0.417 e. The molecule has 1 radical (unpaired) electrons. The first-order chi connectivity index (χ1) is 5.33. The van der Waals surface area contributed by atoms with E-state index in [0.717, 1.165) is 5.56 Å². The molecular weight excluding hydrogens is 142 g/mol. The molecule has 57 valence electrons. The summed E-state index contributed by atoms with van der Waals surface area (Å²) in [6.45, 7) is 1.58. The monoisotopic (exact) mass is 150 g/mol. The Kier molecular flexibility index (Phi) is 2.49. The summed E-state index contributed by atoms with van der Waals surface area (Å²) in [4.78, 5) is 9.68. The molecule has 1 aromatic carbocycles. The zero-order valence-electron chi connectivity index (χ0n) is 5.91. The summed E-state index contributed by atoms with van der Waals surface area (Å²) in [6.07, 6.45) is 0. The standard InChI is InChI=1S/C8H8NO2/c9-8-3-1-2-7(4-8)5-11-6-10/h1-4H,5,9H2. The summed E-state index contributed by atoms with van der Waals surface area (Å²) < 4.78 is 4.41. The van der Waals surface area contributed by atoms with E-state index in [4.69, 9.17) is 5.73 Å². The second kappa shape index (κ2) is 3.61. The van der Waals surface area contributed by atoms with Crippen molar-refractivity contribution in [3.63, 3.8) is 0 Å². The van der Waals surface area contributed by atoms with Crippen LogP contribution in [0.5, 0.6) is 0 Å². The lowest BCUT2D eigenvalue weighted by molar-refractivity contribution is 0.267. The average Bonchev–Trinajstić information content (AvgIpc) is 2.01. The third-order valence-electron chi connectivity index (χ3n) is 1.25. The lowest BCUT2D eigenvalue weighted by Crippen LogP contribution is -1.91. The summed E-state index contributed by atoms with van der Waals surface area (Å²) >= 11 is 0. The van der Waals surface area contributed by atoms with Crippen LogP contribution >= 0.6 is 0 Å². The van der Waals surface area contributed by atoms with E-state index in [2.05, 4.69) is 4.74 Å². The third-order valence-corrected chi connectivity index (χ3v) is 1.25. The lowest BCUT2D eigenvalue weighted by Gasteiger charge is -1.98. The highest BCUT2D eigenvalue weighted by molar-refractivity contribution is 5.42. The van der Waals surface area contributed by atoms with E-state index >= 15 is 0 Å². The van der Waals surface area contributed by atoms with Crippen LogP contribution in [0.4, 0.5) is 5.69 Å². The summed E-state index contributed by atoms with van der Waals surface area (Å²) in [5.41, 5.74) is 7.01. The predicted molar refractivity (Wildman–Crippen MR) is 41.3 cm³/mol. The molecule has 0 saturated carbocycles. The fourth-order valence-electron chi connectivity index (χ4n) is 0.796. The van der Waals surface area contributed by atoms with Crippen LogP contribution in [0.15, 0.2) is 24.3 Å². The van der Waals surface area contributed by atoms with Crippen molar-refractivity contribution in [3.8, 4) is 0 Å². The predicted octanol–water partition coefficient (Wildman–Crippen LogP) is 0.853. The number of nitrogens with two attached hydrogens (primary N) is 1. The first-order valence-corrected chi connectivity index (χ1v) is 3.16. The molecule has 11 heavy (non-hydrogen) atoms. The SMILES string of the molecule is Nc1cccc(CO[C]=O)c1. The van der Waals surface area contributed by atoms with Crippen molar-refractivity contribution in [1.29, 1.82) is 0 Å². The second-order valence-corrected chi connectivity index (χ2v) is 2.12. The Morgan fingerprint density at radius 1 is 1.55 bits per heavy atom. The quantitative estimate of drug-likeness (QED) is 0.650. The highest BCUT2D eigenvalue weighted by Gasteiger charge is 1.92. The maximum absolute atomic E-state index is 9.68. The molecule has 0 atom stereocenters. The molecule has 0 aliphatic rings. The molecule has 1 aromatic rings. The Bertz CT molecular complexity index is 248. The minimum atomic E-state index is 0.231. The van der Waals surface area contributed by atoms with Crippen LogP contribution in [0.3, 0.4) is 0 Å². The van der Waals surface area contributed by atoms with Crippen LogP contribution in [0, 0.1) is 0 Å². The van der Waals surface area contributed by atoms with E-state index in [9.17, 15) is 4.79 Å². The fourth-order valence-corrected chi connectivity index (χ4v) is 0.796. The second-order valence-electron chi connectivity index (χ2n) is 2.12. The molecule has 1 rings (SSSR count). The molecule has 0 amide bonds. The van der Waals surface area contributed by atoms with Gasteiger partial charge in [0.2, 0.25) is 0 Å². The Morgan fingerprint density at radius 3 is 3.00 bits per heavy atom. The van der Waals surface area contributed by atoms with Crippen molar-refractivity contribution in [2.45, 2.75) is 6.61 Å². The summed E-state index contributed by atoms with van der Waals surface area (Å²) in [6, 6.07) is 7.15. The maximum atomic E-state index is 9.68. The third kappa shape index (κ3) is 2.29. The van der Waals surface area contributed by atoms with E-state index in [0.29, 0.717) is 5.69 Å². The summed E-state index contributed by atoms with van der Waals surface area (Å²) in [5.74, 6) is 0. The Hall–Kier alpha value is -1.51. The van der Waals surface area contributed by atoms with Gasteiger partial charge in [-0.1, -0.05) is 12.1 Å². The summed E-state index contributed by atoms with van der Waals surface area (Å²) in [5, 5.41) is 0. The van der Waals surface area contributed by atoms with Gasteiger partial charge in [0.25, 0.3) is 0 Å². The zero-order valence-corrected chi connectivity index (χ0v) is 5.91. The van der Waals surface area contributed by atoms with Gasteiger partial charge in [-0.05, 0) is 17.7 Å². The van der Waals surface area contributed by atoms with Gasteiger partial charge in [0.15, 0.2) is 0 Å². The number of anilines is 1. The fraction of sp³-hybridized carbons (Fsp3) is 0.125. The normalized spacial score (nSPS) is 9.09. The molecule has 0 fully saturated rings. The molecule has 0 aromatic heterocycles. The minimum Gasteiger partial charge on any atom is -0.452 e. The van der Waals surface area contributed by atoms with Gasteiger partial charge >= 0.3 is 6.47 Å². The molecule has 0 spiro atoms. The molecule has 0 unspecified atom stereocenters. The van der Waals surface area contributed by atoms with Crippen LogP contribution in [-0.2, 0) is 16.1 Å². The topological polar surface area (TPSA) is 52.3 Å². The van der Waals surface area contributed by atoms with Gasteiger partial charge in [-0.3, -0.25) is 0 Å². The van der Waals surface area contributed by atoms with Gasteiger partial charge in [0, 0.05) is 5.69 Å². The molecule has 3 heteroatoms. The minimum absolute atomic E-state index is 0.231. The van der Waals surface area contributed by atoms with Gasteiger partial charge in [-0.15, -0.1) is 0 Å². The van der Waals surface area contributed by atoms with E-state index in [-0.39, 0.29) is 6.61 Å². The van der Waals surface area contributed by atoms with Crippen molar-refractivity contribution in [3.05, 3.63) is 29.8 Å². The molecule has 0 saturated heterocycles. The van der Waals surface area contributed by atoms with Crippen LogP contribution < -0.4 is 5.73 Å². The van der Waals surface area contributed by atoms with E-state index in [1.807, 2.05) is 6.07 Å². The Balaban J connectivity index is 2.63. The zero-order chi connectivity index (χ0) is 8.10. The van der Waals surface area contributed by atoms with Gasteiger partial charge in [0.05, 0.1) is 0 Å². The van der Waals surface area contributed by atoms with Gasteiger partial charge in [-0.25, -0.2) is 4.79 Å². The molecule has 0 heterocycles. The number of carbonyl (C=O) groups excluding carboxylic acids is 1. The molecule has 0 aliphatic heterocycles. The van der Waals surface area contributed by atoms with Crippen molar-refractivity contribution in [1.82, 2.24) is 0 Å². The highest BCUT2D eigenvalue weighted by Crippen LogP contribution is 2.06. The molecular formula is C8H8NO2. The van der Waals surface area contributed by atoms with Gasteiger partial charge in [-0.2, -0.15) is 0 Å². The Morgan fingerprint density at radius 2 is 2.36 bits per heavy atom. The molecule has 0 aliphatic carbocycles. The summed E-state index contributed by atoms with van der Waals surface area (Å²) in [7, 11) is 0. The van der Waals surface area contributed by atoms with Crippen molar-refractivity contribution in [2.75, 3.05) is 5.73 Å². The number of benzene rings is 1. The molecule has 3 nitrogen and oxygen atoms in total.